The van der Waals surface area contributed by atoms with Crippen LogP contribution in [0.25, 0.3) is 0 Å². The second-order valence-corrected chi connectivity index (χ2v) is 1.58. The number of rotatable bonds is 3. The van der Waals surface area contributed by atoms with Crippen molar-refractivity contribution in [3.63, 3.8) is 0 Å². The van der Waals surface area contributed by atoms with E-state index in [1.807, 2.05) is 20.3 Å². The number of unbranched alkanes of at least 4 members (excludes halogenated alkanes) is 1. The Morgan fingerprint density at radius 2 is 2.33 bits per heavy atom. The molecule has 0 fully saturated rings. The second-order valence-electron chi connectivity index (χ2n) is 1.09. The van der Waals surface area contributed by atoms with Gasteiger partial charge in [-0.05, 0) is 0 Å². The Morgan fingerprint density at radius 3 is 2.50 bits per heavy atom. The van der Waals surface area contributed by atoms with E-state index in [4.69, 9.17) is 0 Å². The molecule has 0 saturated carbocycles. The van der Waals surface area contributed by atoms with Crippen LogP contribution in [0.15, 0.2) is 3.42 Å². The second kappa shape index (κ2) is 5.51. The quantitative estimate of drug-likeness (QED) is 0.301. The molecule has 0 amide bonds. The Labute approximate surface area is 50.4 Å². The van der Waals surface area contributed by atoms with Gasteiger partial charge in [0, 0.05) is 0 Å². The van der Waals surface area contributed by atoms with Crippen LogP contribution in [0, 0.1) is 6.92 Å². The first-order valence-electron chi connectivity index (χ1n) is 2.04. The molecule has 0 aromatic carbocycles. The van der Waals surface area contributed by atoms with E-state index >= 15 is 0 Å². The SMILES string of the molecule is [CH2-]CCC[N]=[Ti+]. The normalized spacial score (nSPS) is 8.50. The van der Waals surface area contributed by atoms with Crippen LogP contribution in [-0.2, 0) is 20.3 Å². The Balaban J connectivity index is 2.49. The molecule has 0 saturated heterocycles. The zero-order valence-corrected chi connectivity index (χ0v) is 5.34. The van der Waals surface area contributed by atoms with Crippen LogP contribution < -0.4 is 0 Å². The number of nitrogens with zero attached hydrogens (tertiary/aromatic N) is 1. The number of hydrogen-bond acceptors (Lipinski definition) is 1. The van der Waals surface area contributed by atoms with Gasteiger partial charge in [-0.1, -0.05) is 0 Å². The van der Waals surface area contributed by atoms with E-state index < -0.39 is 0 Å². The Morgan fingerprint density at radius 1 is 1.67 bits per heavy atom. The molecule has 6 heavy (non-hydrogen) atoms. The summed E-state index contributed by atoms with van der Waals surface area (Å²) in [5.41, 5.74) is 0. The van der Waals surface area contributed by atoms with E-state index in [1.165, 1.54) is 0 Å². The van der Waals surface area contributed by atoms with Crippen molar-refractivity contribution in [2.45, 2.75) is 12.8 Å². The predicted octanol–water partition coefficient (Wildman–Crippen LogP) is 1.33. The Kier molecular flexibility index (Phi) is 5.99. The molecular weight excluding hydrogens is 110 g/mol. The van der Waals surface area contributed by atoms with Gasteiger partial charge < -0.3 is 0 Å². The van der Waals surface area contributed by atoms with Gasteiger partial charge in [-0.3, -0.25) is 0 Å². The first-order chi connectivity index (χ1) is 2.91. The van der Waals surface area contributed by atoms with Crippen LogP contribution >= 0.6 is 0 Å². The molecule has 1 nitrogen and oxygen atoms in total. The first-order valence-corrected chi connectivity index (χ1v) is 2.74. The molecule has 0 aliphatic rings. The van der Waals surface area contributed by atoms with Gasteiger partial charge in [-0.2, -0.15) is 0 Å². The van der Waals surface area contributed by atoms with E-state index in [-0.39, 0.29) is 0 Å². The molecule has 0 rings (SSSR count). The fourth-order valence-corrected chi connectivity index (χ4v) is 0.438. The summed E-state index contributed by atoms with van der Waals surface area (Å²) in [5, 5.41) is 0. The van der Waals surface area contributed by atoms with Crippen molar-refractivity contribution >= 4 is 0 Å². The molecular formula is C4H8NTi. The molecule has 0 spiro atoms. The topological polar surface area (TPSA) is 12.4 Å². The van der Waals surface area contributed by atoms with Crippen molar-refractivity contribution in [3.8, 4) is 0 Å². The van der Waals surface area contributed by atoms with Gasteiger partial charge in [0.15, 0.2) is 0 Å². The minimum atomic E-state index is 0.976. The van der Waals surface area contributed by atoms with Crippen molar-refractivity contribution in [1.29, 1.82) is 0 Å². The summed E-state index contributed by atoms with van der Waals surface area (Å²) < 4.78 is 3.89. The molecule has 0 N–H and O–H groups in total. The monoisotopic (exact) mass is 118 g/mol. The van der Waals surface area contributed by atoms with Gasteiger partial charge in [0.2, 0.25) is 0 Å². The minimum absolute atomic E-state index is 0.976. The molecule has 0 aromatic heterocycles. The Hall–Kier alpha value is 0.514. The van der Waals surface area contributed by atoms with Gasteiger partial charge >= 0.3 is 50.0 Å². The van der Waals surface area contributed by atoms with Crippen molar-refractivity contribution in [3.05, 3.63) is 6.92 Å². The molecule has 2 heteroatoms. The molecule has 0 unspecified atom stereocenters. The van der Waals surface area contributed by atoms with Crippen LogP contribution in [0.5, 0.6) is 0 Å². The van der Waals surface area contributed by atoms with E-state index in [2.05, 4.69) is 10.3 Å². The van der Waals surface area contributed by atoms with Gasteiger partial charge in [0.25, 0.3) is 0 Å². The zero-order chi connectivity index (χ0) is 4.83. The maximum absolute atomic E-state index is 3.89. The van der Waals surface area contributed by atoms with Gasteiger partial charge in [-0.25, -0.2) is 0 Å². The van der Waals surface area contributed by atoms with Crippen LogP contribution in [0.1, 0.15) is 12.8 Å². The van der Waals surface area contributed by atoms with E-state index in [9.17, 15) is 0 Å². The fourth-order valence-electron chi connectivity index (χ4n) is 0.191. The van der Waals surface area contributed by atoms with Gasteiger partial charge in [0.05, 0.1) is 0 Å². The van der Waals surface area contributed by atoms with Gasteiger partial charge in [0.1, 0.15) is 0 Å². The molecule has 0 aliphatic heterocycles. The summed E-state index contributed by atoms with van der Waals surface area (Å²) in [4.78, 5) is 0. The van der Waals surface area contributed by atoms with Crippen molar-refractivity contribution < 1.29 is 20.3 Å². The van der Waals surface area contributed by atoms with E-state index in [0.717, 1.165) is 19.4 Å². The molecule has 0 atom stereocenters. The first kappa shape index (κ1) is 6.51. The van der Waals surface area contributed by atoms with Crippen molar-refractivity contribution in [1.82, 2.24) is 0 Å². The average molecular weight is 118 g/mol. The van der Waals surface area contributed by atoms with Gasteiger partial charge in [-0.15, -0.1) is 0 Å². The summed E-state index contributed by atoms with van der Waals surface area (Å²) in [6, 6.07) is 0. The summed E-state index contributed by atoms with van der Waals surface area (Å²) in [7, 11) is 0. The summed E-state index contributed by atoms with van der Waals surface area (Å²) in [6.07, 6.45) is 2.15. The number of hydrogen-bond donors (Lipinski definition) is 0. The predicted molar refractivity (Wildman–Crippen MR) is 21.9 cm³/mol. The molecule has 0 heterocycles. The zero-order valence-electron chi connectivity index (χ0n) is 3.78. The molecule has 0 bridgehead atoms. The van der Waals surface area contributed by atoms with Crippen molar-refractivity contribution in [2.24, 2.45) is 3.42 Å². The summed E-state index contributed by atoms with van der Waals surface area (Å²) >= 11 is 1.83. The standard InChI is InChI=1S/C4H8N.Ti/c1-2-3-4-5;/h1-4H2;/q-1;+1. The third-order valence-electron chi connectivity index (χ3n) is 0.520. The summed E-state index contributed by atoms with van der Waals surface area (Å²) in [6.45, 7) is 4.64. The summed E-state index contributed by atoms with van der Waals surface area (Å²) in [5.74, 6) is 0. The van der Waals surface area contributed by atoms with Crippen LogP contribution in [0.2, 0.25) is 0 Å². The molecule has 0 aromatic rings. The van der Waals surface area contributed by atoms with E-state index in [1.54, 1.807) is 0 Å². The molecule has 0 radical (unpaired) electrons. The van der Waals surface area contributed by atoms with Crippen LogP contribution in [-0.4, -0.2) is 6.54 Å². The average Bonchev–Trinajstić information content (AvgIpc) is 1.61. The van der Waals surface area contributed by atoms with Crippen LogP contribution in [0.3, 0.4) is 0 Å². The van der Waals surface area contributed by atoms with Crippen LogP contribution in [0.4, 0.5) is 0 Å². The maximum atomic E-state index is 3.89. The third-order valence-corrected chi connectivity index (χ3v) is 0.869. The third kappa shape index (κ3) is 4.51. The van der Waals surface area contributed by atoms with E-state index in [0.29, 0.717) is 0 Å². The Bertz CT molecular complexity index is 36.5. The fraction of sp³-hybridized carbons (Fsp3) is 0.750. The molecule has 0 aliphatic carbocycles. The van der Waals surface area contributed by atoms with Crippen molar-refractivity contribution in [2.75, 3.05) is 6.54 Å². The molecule has 33 valence electrons.